The first-order valence-corrected chi connectivity index (χ1v) is 7.48. The van der Waals surface area contributed by atoms with Gasteiger partial charge in [-0.3, -0.25) is 4.98 Å². The van der Waals surface area contributed by atoms with Crippen molar-refractivity contribution in [3.63, 3.8) is 0 Å². The number of pyridine rings is 1. The summed E-state index contributed by atoms with van der Waals surface area (Å²) in [4.78, 5) is 9.01. The minimum absolute atomic E-state index is 0.588. The van der Waals surface area contributed by atoms with Crippen molar-refractivity contribution in [2.75, 3.05) is 6.54 Å². The average Bonchev–Trinajstić information content (AvgIpc) is 3.27. The van der Waals surface area contributed by atoms with E-state index in [1.165, 1.54) is 29.5 Å². The van der Waals surface area contributed by atoms with Gasteiger partial charge in [0, 0.05) is 17.8 Å². The number of nitrogens with two attached hydrogens (primary N) is 1. The van der Waals surface area contributed by atoms with E-state index in [0.717, 1.165) is 17.8 Å². The van der Waals surface area contributed by atoms with Gasteiger partial charge >= 0.3 is 0 Å². The Morgan fingerprint density at radius 1 is 1.24 bits per heavy atom. The summed E-state index contributed by atoms with van der Waals surface area (Å²) >= 11 is 0. The van der Waals surface area contributed by atoms with Gasteiger partial charge in [0.2, 0.25) is 0 Å². The van der Waals surface area contributed by atoms with Crippen LogP contribution < -0.4 is 5.73 Å². The molecule has 0 radical (unpaired) electrons. The van der Waals surface area contributed by atoms with Crippen molar-refractivity contribution in [3.05, 3.63) is 48.3 Å². The summed E-state index contributed by atoms with van der Waals surface area (Å²) in [6.07, 6.45) is 7.07. The Balaban J connectivity index is 1.89. The molecule has 3 aromatic rings. The Labute approximate surface area is 123 Å². The maximum Gasteiger partial charge on any atom is 0.141 e. The lowest BCUT2D eigenvalue weighted by Gasteiger charge is -2.09. The molecule has 1 aliphatic carbocycles. The molecule has 1 fully saturated rings. The molecule has 106 valence electrons. The number of rotatable bonds is 4. The van der Waals surface area contributed by atoms with Crippen molar-refractivity contribution < 1.29 is 0 Å². The van der Waals surface area contributed by atoms with Crippen LogP contribution in [0, 0.1) is 0 Å². The lowest BCUT2D eigenvalue weighted by molar-refractivity contribution is 0.775. The maximum absolute atomic E-state index is 5.67. The van der Waals surface area contributed by atoms with E-state index in [4.69, 9.17) is 10.7 Å². The monoisotopic (exact) mass is 278 g/mol. The summed E-state index contributed by atoms with van der Waals surface area (Å²) in [6.45, 7) is 0.673. The predicted molar refractivity (Wildman–Crippen MR) is 84.0 cm³/mol. The number of hydrogen-bond donors (Lipinski definition) is 1. The largest absolute Gasteiger partial charge is 0.330 e. The molecular weight excluding hydrogens is 260 g/mol. The van der Waals surface area contributed by atoms with E-state index in [0.29, 0.717) is 12.6 Å². The second-order valence-corrected chi connectivity index (χ2v) is 5.64. The molecule has 1 aliphatic rings. The fourth-order valence-corrected chi connectivity index (χ4v) is 2.89. The third kappa shape index (κ3) is 2.21. The molecule has 1 saturated carbocycles. The van der Waals surface area contributed by atoms with Crippen LogP contribution in [0.1, 0.15) is 24.4 Å². The Morgan fingerprint density at radius 2 is 2.14 bits per heavy atom. The standard InChI is InChI=1S/C17H18N4/c18-8-6-12-2-1-3-13(10-12)17-20-15-11-19-9-7-16(15)21(17)14-4-5-14/h1-3,7,9-11,14H,4-6,8,18H2. The van der Waals surface area contributed by atoms with Crippen molar-refractivity contribution in [2.24, 2.45) is 5.73 Å². The molecule has 4 rings (SSSR count). The van der Waals surface area contributed by atoms with E-state index >= 15 is 0 Å². The highest BCUT2D eigenvalue weighted by atomic mass is 15.1. The number of aromatic nitrogens is 3. The smallest absolute Gasteiger partial charge is 0.141 e. The topological polar surface area (TPSA) is 56.7 Å². The van der Waals surface area contributed by atoms with E-state index in [9.17, 15) is 0 Å². The zero-order valence-electron chi connectivity index (χ0n) is 11.9. The molecule has 0 spiro atoms. The number of hydrogen-bond acceptors (Lipinski definition) is 3. The average molecular weight is 278 g/mol. The van der Waals surface area contributed by atoms with Crippen molar-refractivity contribution in [3.8, 4) is 11.4 Å². The summed E-state index contributed by atoms with van der Waals surface area (Å²) in [5, 5.41) is 0. The van der Waals surface area contributed by atoms with Crippen molar-refractivity contribution in [1.29, 1.82) is 0 Å². The first-order chi connectivity index (χ1) is 10.4. The molecule has 4 heteroatoms. The van der Waals surface area contributed by atoms with Crippen LogP contribution in [0.25, 0.3) is 22.4 Å². The van der Waals surface area contributed by atoms with E-state index < -0.39 is 0 Å². The van der Waals surface area contributed by atoms with E-state index in [1.807, 2.05) is 12.4 Å². The van der Waals surface area contributed by atoms with Crippen LogP contribution in [-0.2, 0) is 6.42 Å². The maximum atomic E-state index is 5.67. The molecule has 2 N–H and O–H groups in total. The van der Waals surface area contributed by atoms with E-state index in [1.54, 1.807) is 0 Å². The van der Waals surface area contributed by atoms with E-state index in [-0.39, 0.29) is 0 Å². The van der Waals surface area contributed by atoms with Crippen molar-refractivity contribution in [1.82, 2.24) is 14.5 Å². The highest BCUT2D eigenvalue weighted by molar-refractivity contribution is 5.80. The van der Waals surface area contributed by atoms with E-state index in [2.05, 4.69) is 39.9 Å². The molecule has 0 bridgehead atoms. The van der Waals surface area contributed by atoms with Gasteiger partial charge in [-0.25, -0.2) is 4.98 Å². The third-order valence-corrected chi connectivity index (χ3v) is 4.02. The summed E-state index contributed by atoms with van der Waals surface area (Å²) in [5.41, 5.74) is 10.3. The molecule has 0 amide bonds. The normalized spacial score (nSPS) is 14.7. The SMILES string of the molecule is NCCc1cccc(-c2nc3cnccc3n2C2CC2)c1. The van der Waals surface area contributed by atoms with Crippen LogP contribution in [0.5, 0.6) is 0 Å². The van der Waals surface area contributed by atoms with Gasteiger partial charge in [-0.15, -0.1) is 0 Å². The highest BCUT2D eigenvalue weighted by Crippen LogP contribution is 2.41. The zero-order valence-corrected chi connectivity index (χ0v) is 11.9. The highest BCUT2D eigenvalue weighted by Gasteiger charge is 2.28. The van der Waals surface area contributed by atoms with Gasteiger partial charge in [-0.05, 0) is 43.5 Å². The summed E-state index contributed by atoms with van der Waals surface area (Å²) in [5.74, 6) is 1.05. The Bertz CT molecular complexity index is 786. The summed E-state index contributed by atoms with van der Waals surface area (Å²) in [6, 6.07) is 11.2. The molecule has 0 saturated heterocycles. The number of nitrogens with zero attached hydrogens (tertiary/aromatic N) is 3. The zero-order chi connectivity index (χ0) is 14.2. The molecule has 0 atom stereocenters. The fourth-order valence-electron chi connectivity index (χ4n) is 2.89. The molecule has 2 aromatic heterocycles. The van der Waals surface area contributed by atoms with Crippen LogP contribution in [-0.4, -0.2) is 21.1 Å². The summed E-state index contributed by atoms with van der Waals surface area (Å²) in [7, 11) is 0. The quantitative estimate of drug-likeness (QED) is 0.798. The minimum atomic E-state index is 0.588. The molecule has 1 aromatic carbocycles. The van der Waals surface area contributed by atoms with Gasteiger partial charge < -0.3 is 10.3 Å². The van der Waals surface area contributed by atoms with Gasteiger partial charge in [0.05, 0.1) is 11.7 Å². The lowest BCUT2D eigenvalue weighted by Crippen LogP contribution is -2.03. The van der Waals surface area contributed by atoms with Crippen molar-refractivity contribution >= 4 is 11.0 Å². The minimum Gasteiger partial charge on any atom is -0.330 e. The van der Waals surface area contributed by atoms with Crippen LogP contribution in [0.15, 0.2) is 42.7 Å². The first-order valence-electron chi connectivity index (χ1n) is 7.48. The molecular formula is C17H18N4. The van der Waals surface area contributed by atoms with Gasteiger partial charge in [0.15, 0.2) is 0 Å². The first kappa shape index (κ1) is 12.5. The molecule has 0 aliphatic heterocycles. The van der Waals surface area contributed by atoms with Crippen LogP contribution in [0.2, 0.25) is 0 Å². The second-order valence-electron chi connectivity index (χ2n) is 5.64. The van der Waals surface area contributed by atoms with Gasteiger partial charge in [0.25, 0.3) is 0 Å². The third-order valence-electron chi connectivity index (χ3n) is 4.02. The number of fused-ring (bicyclic) bond motifs is 1. The fraction of sp³-hybridized carbons (Fsp3) is 0.294. The second kappa shape index (κ2) is 4.97. The number of imidazole rings is 1. The lowest BCUT2D eigenvalue weighted by atomic mass is 10.1. The molecule has 2 heterocycles. The number of benzene rings is 1. The Hall–Kier alpha value is -2.20. The molecule has 0 unspecified atom stereocenters. The van der Waals surface area contributed by atoms with Crippen molar-refractivity contribution in [2.45, 2.75) is 25.3 Å². The Morgan fingerprint density at radius 3 is 2.95 bits per heavy atom. The summed E-state index contributed by atoms with van der Waals surface area (Å²) < 4.78 is 2.37. The van der Waals surface area contributed by atoms with Gasteiger partial charge in [-0.1, -0.05) is 18.2 Å². The van der Waals surface area contributed by atoms with Gasteiger partial charge in [0.1, 0.15) is 11.3 Å². The van der Waals surface area contributed by atoms with Crippen LogP contribution >= 0.6 is 0 Å². The Kier molecular flexibility index (Phi) is 2.97. The molecule has 4 nitrogen and oxygen atoms in total. The predicted octanol–water partition coefficient (Wildman–Crippen LogP) is 2.93. The van der Waals surface area contributed by atoms with Gasteiger partial charge in [-0.2, -0.15) is 0 Å². The van der Waals surface area contributed by atoms with Crippen LogP contribution in [0.4, 0.5) is 0 Å². The molecule has 21 heavy (non-hydrogen) atoms. The van der Waals surface area contributed by atoms with Crippen LogP contribution in [0.3, 0.4) is 0 Å².